The van der Waals surface area contributed by atoms with E-state index in [2.05, 4.69) is 4.98 Å². The molecule has 12 heteroatoms. The number of nitro groups is 3. The van der Waals surface area contributed by atoms with Crippen molar-refractivity contribution in [3.05, 3.63) is 42.0 Å². The Balaban J connectivity index is 3.76. The molecule has 0 amide bonds. The first-order valence-electron chi connectivity index (χ1n) is 3.97. The van der Waals surface area contributed by atoms with Crippen LogP contribution < -0.4 is 0 Å². The van der Waals surface area contributed by atoms with Crippen molar-refractivity contribution >= 4 is 23.3 Å². The zero-order valence-electron chi connectivity index (χ0n) is 8.17. The summed E-state index contributed by atoms with van der Waals surface area (Å²) in [6.45, 7) is 0. The number of hydrogen-bond acceptors (Lipinski definition) is 8. The van der Waals surface area contributed by atoms with Crippen LogP contribution in [-0.2, 0) is 0 Å². The van der Waals surface area contributed by atoms with Crippen LogP contribution in [-0.4, -0.2) is 30.8 Å². The molecule has 0 aliphatic rings. The van der Waals surface area contributed by atoms with Gasteiger partial charge in [0.25, 0.3) is 0 Å². The van der Waals surface area contributed by atoms with Crippen molar-refractivity contribution in [2.45, 2.75) is 0 Å². The minimum Gasteiger partial charge on any atom is -0.477 e. The second kappa shape index (κ2) is 4.36. The maximum absolute atomic E-state index is 10.7. The number of aromatic nitrogens is 1. The van der Waals surface area contributed by atoms with E-state index in [4.69, 9.17) is 5.11 Å². The van der Waals surface area contributed by atoms with E-state index in [0.29, 0.717) is 0 Å². The van der Waals surface area contributed by atoms with Crippen LogP contribution in [0.1, 0.15) is 10.4 Å². The highest BCUT2D eigenvalue weighted by Gasteiger charge is 2.36. The molecule has 0 unspecified atom stereocenters. The van der Waals surface area contributed by atoms with Crippen molar-refractivity contribution in [1.82, 2.24) is 4.98 Å². The van der Waals surface area contributed by atoms with Gasteiger partial charge in [-0.2, -0.15) is 0 Å². The quantitative estimate of drug-likeness (QED) is 0.593. The van der Waals surface area contributed by atoms with E-state index < -0.39 is 43.6 Å². The van der Waals surface area contributed by atoms with E-state index in [1.807, 2.05) is 0 Å². The smallest absolute Gasteiger partial charge is 0.390 e. The van der Waals surface area contributed by atoms with E-state index in [1.165, 1.54) is 0 Å². The second-order valence-electron chi connectivity index (χ2n) is 2.77. The van der Waals surface area contributed by atoms with Gasteiger partial charge in [0.15, 0.2) is 0 Å². The van der Waals surface area contributed by atoms with Crippen LogP contribution in [0.3, 0.4) is 0 Å². The molecule has 0 aliphatic heterocycles. The van der Waals surface area contributed by atoms with Gasteiger partial charge in [-0.05, 0) is 9.85 Å². The number of carboxylic acid groups (broad SMARTS) is 1. The summed E-state index contributed by atoms with van der Waals surface area (Å²) < 4.78 is 0. The summed E-state index contributed by atoms with van der Waals surface area (Å²) in [5.74, 6) is -4.61. The number of pyridine rings is 1. The summed E-state index contributed by atoms with van der Waals surface area (Å²) in [4.78, 5) is 41.2. The molecule has 1 aromatic heterocycles. The zero-order chi connectivity index (χ0) is 14.0. The Morgan fingerprint density at radius 2 is 1.67 bits per heavy atom. The Labute approximate surface area is 95.9 Å². The summed E-state index contributed by atoms with van der Waals surface area (Å²) in [5, 5.41) is 40.1. The maximum Gasteiger partial charge on any atom is 0.390 e. The van der Waals surface area contributed by atoms with Gasteiger partial charge in [0.2, 0.25) is 5.56 Å². The van der Waals surface area contributed by atoms with Crippen LogP contribution in [0.4, 0.5) is 17.3 Å². The van der Waals surface area contributed by atoms with Crippen molar-refractivity contribution in [2.75, 3.05) is 0 Å². The first-order valence-corrected chi connectivity index (χ1v) is 3.97. The van der Waals surface area contributed by atoms with E-state index in [1.54, 1.807) is 0 Å². The molecule has 0 aromatic carbocycles. The van der Waals surface area contributed by atoms with Crippen molar-refractivity contribution in [3.63, 3.8) is 0 Å². The Hall–Kier alpha value is -3.18. The van der Waals surface area contributed by atoms with Gasteiger partial charge in [0.05, 0.1) is 4.92 Å². The fraction of sp³-hybridized carbons (Fsp3) is 0. The molecule has 0 radical (unpaired) electrons. The highest BCUT2D eigenvalue weighted by molar-refractivity contribution is 5.96. The predicted molar refractivity (Wildman–Crippen MR) is 51.2 cm³/mol. The summed E-state index contributed by atoms with van der Waals surface area (Å²) in [6.07, 6.45) is 0. The van der Waals surface area contributed by atoms with Gasteiger partial charge in [0.1, 0.15) is 6.07 Å². The molecule has 0 fully saturated rings. The Morgan fingerprint density at radius 1 is 1.11 bits per heavy atom. The number of nitrogens with zero attached hydrogens (tertiary/aromatic N) is 4. The molecule has 0 saturated heterocycles. The van der Waals surface area contributed by atoms with Crippen LogP contribution in [0.25, 0.3) is 0 Å². The average Bonchev–Trinajstić information content (AvgIpc) is 2.26. The monoisotopic (exact) mass is 258 g/mol. The third kappa shape index (κ3) is 2.16. The molecular formula is C6H2N4O8. The number of rotatable bonds is 4. The van der Waals surface area contributed by atoms with E-state index in [-0.39, 0.29) is 6.07 Å². The van der Waals surface area contributed by atoms with Crippen molar-refractivity contribution in [2.24, 2.45) is 0 Å². The molecule has 1 aromatic rings. The third-order valence-electron chi connectivity index (χ3n) is 1.74. The van der Waals surface area contributed by atoms with Gasteiger partial charge in [-0.15, -0.1) is 0 Å². The lowest BCUT2D eigenvalue weighted by Gasteiger charge is -2.00. The summed E-state index contributed by atoms with van der Waals surface area (Å²) in [5.41, 5.74) is -2.58. The maximum atomic E-state index is 10.7. The van der Waals surface area contributed by atoms with Gasteiger partial charge >= 0.3 is 23.3 Å². The van der Waals surface area contributed by atoms with Gasteiger partial charge in [-0.1, -0.05) is 0 Å². The molecule has 0 bridgehead atoms. The fourth-order valence-electron chi connectivity index (χ4n) is 1.08. The SMILES string of the molecule is O=C(O)c1c([N+](=O)[O-])cc([N+](=O)[O-])nc1[N+](=O)[O-]. The summed E-state index contributed by atoms with van der Waals surface area (Å²) in [7, 11) is 0. The molecule has 18 heavy (non-hydrogen) atoms. The number of carboxylic acids is 1. The summed E-state index contributed by atoms with van der Waals surface area (Å²) in [6, 6.07) is 0.246. The van der Waals surface area contributed by atoms with E-state index in [0.717, 1.165) is 0 Å². The van der Waals surface area contributed by atoms with Crippen LogP contribution in [0, 0.1) is 30.3 Å². The Morgan fingerprint density at radius 3 is 2.00 bits per heavy atom. The minimum atomic E-state index is -1.98. The van der Waals surface area contributed by atoms with Gasteiger partial charge < -0.3 is 25.3 Å². The first kappa shape index (κ1) is 12.9. The topological polar surface area (TPSA) is 180 Å². The van der Waals surface area contributed by atoms with Crippen molar-refractivity contribution in [3.8, 4) is 0 Å². The van der Waals surface area contributed by atoms with Crippen molar-refractivity contribution in [1.29, 1.82) is 0 Å². The van der Waals surface area contributed by atoms with Gasteiger partial charge in [-0.3, -0.25) is 10.1 Å². The first-order chi connectivity index (χ1) is 8.25. The van der Waals surface area contributed by atoms with Gasteiger partial charge in [0, 0.05) is 4.98 Å². The average molecular weight is 258 g/mol. The molecule has 0 atom stereocenters. The van der Waals surface area contributed by atoms with E-state index >= 15 is 0 Å². The number of hydrogen-bond donors (Lipinski definition) is 1. The molecule has 1 heterocycles. The molecule has 1 rings (SSSR count). The molecule has 1 N–H and O–H groups in total. The van der Waals surface area contributed by atoms with Crippen LogP contribution >= 0.6 is 0 Å². The van der Waals surface area contributed by atoms with Crippen LogP contribution in [0.5, 0.6) is 0 Å². The largest absolute Gasteiger partial charge is 0.477 e. The highest BCUT2D eigenvalue weighted by Crippen LogP contribution is 2.30. The lowest BCUT2D eigenvalue weighted by Crippen LogP contribution is -2.10. The zero-order valence-corrected chi connectivity index (χ0v) is 8.17. The van der Waals surface area contributed by atoms with Gasteiger partial charge in [-0.25, -0.2) is 4.79 Å². The number of carbonyl (C=O) groups is 1. The van der Waals surface area contributed by atoms with Crippen molar-refractivity contribution < 1.29 is 24.7 Å². The molecule has 0 saturated carbocycles. The molecular weight excluding hydrogens is 256 g/mol. The highest BCUT2D eigenvalue weighted by atomic mass is 16.6. The molecule has 0 aliphatic carbocycles. The standard InChI is InChI=1S/C6H2N4O8/c11-6(12)4-2(8(13)14)1-3(9(15)16)7-5(4)10(17)18/h1H,(H,11,12). The molecule has 94 valence electrons. The van der Waals surface area contributed by atoms with Crippen LogP contribution in [0.15, 0.2) is 6.07 Å². The van der Waals surface area contributed by atoms with E-state index in [9.17, 15) is 35.1 Å². The normalized spacial score (nSPS) is 9.78. The molecule has 12 nitrogen and oxygen atoms in total. The lowest BCUT2D eigenvalue weighted by atomic mass is 10.2. The lowest BCUT2D eigenvalue weighted by molar-refractivity contribution is -0.410. The predicted octanol–water partition coefficient (Wildman–Crippen LogP) is 0.504. The molecule has 0 spiro atoms. The number of aromatic carboxylic acids is 1. The fourth-order valence-corrected chi connectivity index (χ4v) is 1.08. The minimum absolute atomic E-state index is 0.246. The van der Waals surface area contributed by atoms with Crippen LogP contribution in [0.2, 0.25) is 0 Å². The second-order valence-corrected chi connectivity index (χ2v) is 2.77. The summed E-state index contributed by atoms with van der Waals surface area (Å²) >= 11 is 0. The third-order valence-corrected chi connectivity index (χ3v) is 1.74. The Kier molecular flexibility index (Phi) is 3.12. The Bertz CT molecular complexity index is 546.